The molecule has 1 aliphatic carbocycles. The van der Waals surface area contributed by atoms with E-state index in [1.807, 2.05) is 0 Å². The van der Waals surface area contributed by atoms with Crippen LogP contribution in [0, 0.1) is 5.92 Å². The normalized spacial score (nSPS) is 31.2. The van der Waals surface area contributed by atoms with Crippen molar-refractivity contribution in [2.75, 3.05) is 11.9 Å². The van der Waals surface area contributed by atoms with E-state index in [1.165, 1.54) is 12.5 Å². The minimum Gasteiger partial charge on any atom is -0.396 e. The maximum atomic E-state index is 14.2. The average Bonchev–Trinajstić information content (AvgIpc) is 2.68. The highest BCUT2D eigenvalue weighted by Crippen LogP contribution is 2.37. The Labute approximate surface area is 109 Å². The number of hydrogen-bond donors (Lipinski definition) is 3. The van der Waals surface area contributed by atoms with E-state index in [-0.39, 0.29) is 13.0 Å². The lowest BCUT2D eigenvalue weighted by atomic mass is 10.1. The number of aliphatic hydroxyl groups excluding tert-OH is 1. The van der Waals surface area contributed by atoms with Crippen molar-refractivity contribution in [3.63, 3.8) is 0 Å². The standard InChI is InChI=1S/C10H13FN3O4P/c11-9-7(14-8-1-2-12-5-13-8)3-6(4-15)10(9)18-19(16)17/h1-2,5-7,9-10,15H,3-4H2,(H-,12,13,14,16,17)/p+1/t6-,7-,9+,10-/m1/s1. The van der Waals surface area contributed by atoms with Gasteiger partial charge in [-0.2, -0.15) is 0 Å². The molecule has 0 aliphatic heterocycles. The third-order valence-corrected chi connectivity index (χ3v) is 3.50. The van der Waals surface area contributed by atoms with Gasteiger partial charge in [-0.05, 0) is 12.5 Å². The minimum absolute atomic E-state index is 0.287. The number of aromatic nitrogens is 2. The molecule has 5 atom stereocenters. The fourth-order valence-electron chi connectivity index (χ4n) is 2.21. The Bertz CT molecular complexity index is 438. The molecule has 1 aliphatic rings. The van der Waals surface area contributed by atoms with Crippen LogP contribution < -0.4 is 5.32 Å². The van der Waals surface area contributed by atoms with Crippen molar-refractivity contribution in [1.82, 2.24) is 9.97 Å². The summed E-state index contributed by atoms with van der Waals surface area (Å²) >= 11 is 0. The highest BCUT2D eigenvalue weighted by Gasteiger charge is 2.48. The summed E-state index contributed by atoms with van der Waals surface area (Å²) in [5.41, 5.74) is 0. The van der Waals surface area contributed by atoms with Crippen LogP contribution in [-0.4, -0.2) is 44.9 Å². The number of anilines is 1. The Morgan fingerprint density at radius 2 is 2.42 bits per heavy atom. The predicted molar refractivity (Wildman–Crippen MR) is 64.2 cm³/mol. The Morgan fingerprint density at radius 1 is 1.63 bits per heavy atom. The van der Waals surface area contributed by atoms with Gasteiger partial charge in [0.25, 0.3) is 0 Å². The number of nitrogens with one attached hydrogen (secondary N) is 1. The van der Waals surface area contributed by atoms with Gasteiger partial charge in [0.1, 0.15) is 12.1 Å². The maximum absolute atomic E-state index is 14.2. The largest absolute Gasteiger partial charge is 0.695 e. The van der Waals surface area contributed by atoms with E-state index in [1.54, 1.807) is 6.07 Å². The molecule has 7 nitrogen and oxygen atoms in total. The molecule has 1 saturated carbocycles. The molecule has 0 spiro atoms. The molecule has 0 radical (unpaired) electrons. The van der Waals surface area contributed by atoms with Crippen LogP contribution in [0.1, 0.15) is 6.42 Å². The van der Waals surface area contributed by atoms with Gasteiger partial charge in [0.2, 0.25) is 0 Å². The van der Waals surface area contributed by atoms with Crippen LogP contribution in [-0.2, 0) is 9.09 Å². The Morgan fingerprint density at radius 3 is 3.00 bits per heavy atom. The zero-order valence-corrected chi connectivity index (χ0v) is 10.8. The average molecular weight is 290 g/mol. The maximum Gasteiger partial charge on any atom is 0.695 e. The van der Waals surface area contributed by atoms with E-state index in [0.29, 0.717) is 5.82 Å². The summed E-state index contributed by atoms with van der Waals surface area (Å²) in [6, 6.07) is 0.952. The fraction of sp³-hybridized carbons (Fsp3) is 0.600. The lowest BCUT2D eigenvalue weighted by Crippen LogP contribution is -2.33. The quantitative estimate of drug-likeness (QED) is 0.683. The molecule has 0 amide bonds. The van der Waals surface area contributed by atoms with E-state index in [9.17, 15) is 14.1 Å². The van der Waals surface area contributed by atoms with Crippen molar-refractivity contribution in [1.29, 1.82) is 0 Å². The van der Waals surface area contributed by atoms with Gasteiger partial charge >= 0.3 is 8.25 Å². The number of halogens is 1. The van der Waals surface area contributed by atoms with Crippen molar-refractivity contribution < 1.29 is 23.5 Å². The molecular weight excluding hydrogens is 276 g/mol. The van der Waals surface area contributed by atoms with Crippen LogP contribution in [0.4, 0.5) is 10.2 Å². The summed E-state index contributed by atoms with van der Waals surface area (Å²) in [4.78, 5) is 16.4. The second-order valence-corrected chi connectivity index (χ2v) is 4.96. The second kappa shape index (κ2) is 6.29. The molecule has 1 aromatic rings. The van der Waals surface area contributed by atoms with Gasteiger partial charge in [-0.3, -0.25) is 0 Å². The fourth-order valence-corrected chi connectivity index (χ4v) is 2.71. The SMILES string of the molecule is O=[P+](O)O[C@@H]1[C@@H](CO)C[C@@H](Nc2ccncn2)[C@@H]1F. The third kappa shape index (κ3) is 3.42. The molecule has 0 aromatic carbocycles. The summed E-state index contributed by atoms with van der Waals surface area (Å²) in [6.07, 6.45) is 0.526. The van der Waals surface area contributed by atoms with Crippen molar-refractivity contribution >= 4 is 14.1 Å². The van der Waals surface area contributed by atoms with Gasteiger partial charge in [0.15, 0.2) is 12.3 Å². The first-order chi connectivity index (χ1) is 9.11. The van der Waals surface area contributed by atoms with E-state index >= 15 is 0 Å². The molecule has 1 heterocycles. The van der Waals surface area contributed by atoms with Gasteiger partial charge < -0.3 is 10.4 Å². The predicted octanol–water partition coefficient (Wildman–Crippen LogP) is 0.642. The minimum atomic E-state index is -2.90. The van der Waals surface area contributed by atoms with Crippen LogP contribution in [0.3, 0.4) is 0 Å². The van der Waals surface area contributed by atoms with E-state index in [0.717, 1.165) is 0 Å². The van der Waals surface area contributed by atoms with Crippen LogP contribution in [0.5, 0.6) is 0 Å². The van der Waals surface area contributed by atoms with Crippen molar-refractivity contribution in [2.45, 2.75) is 24.7 Å². The molecule has 3 N–H and O–H groups in total. The molecule has 1 aromatic heterocycles. The van der Waals surface area contributed by atoms with E-state index in [4.69, 9.17) is 4.89 Å². The lowest BCUT2D eigenvalue weighted by molar-refractivity contribution is 0.0612. The summed E-state index contributed by atoms with van der Waals surface area (Å²) in [7, 11) is -2.90. The van der Waals surface area contributed by atoms with Crippen molar-refractivity contribution in [2.24, 2.45) is 5.92 Å². The Kier molecular flexibility index (Phi) is 4.71. The Balaban J connectivity index is 2.05. The van der Waals surface area contributed by atoms with Gasteiger partial charge in [0.05, 0.1) is 6.04 Å². The number of alkyl halides is 1. The molecule has 0 bridgehead atoms. The molecule has 2 rings (SSSR count). The highest BCUT2D eigenvalue weighted by atomic mass is 31.1. The highest BCUT2D eigenvalue weighted by molar-refractivity contribution is 7.32. The molecule has 0 saturated heterocycles. The van der Waals surface area contributed by atoms with E-state index < -0.39 is 32.5 Å². The van der Waals surface area contributed by atoms with Gasteiger partial charge in [-0.15, -0.1) is 9.42 Å². The summed E-state index contributed by atoms with van der Waals surface area (Å²) in [6.45, 7) is -0.309. The molecule has 1 unspecified atom stereocenters. The second-order valence-electron chi connectivity index (χ2n) is 4.28. The number of nitrogens with zero attached hydrogens (tertiary/aromatic N) is 2. The zero-order valence-electron chi connectivity index (χ0n) is 9.89. The van der Waals surface area contributed by atoms with Gasteiger partial charge in [0, 0.05) is 23.3 Å². The van der Waals surface area contributed by atoms with Crippen LogP contribution in [0.15, 0.2) is 18.6 Å². The third-order valence-electron chi connectivity index (χ3n) is 3.08. The van der Waals surface area contributed by atoms with Gasteiger partial charge in [-0.1, -0.05) is 0 Å². The van der Waals surface area contributed by atoms with Crippen LogP contribution in [0.2, 0.25) is 0 Å². The first kappa shape index (κ1) is 14.2. The topological polar surface area (TPSA) is 105 Å². The number of hydrogen-bond acceptors (Lipinski definition) is 6. The molecule has 104 valence electrons. The van der Waals surface area contributed by atoms with Crippen LogP contribution >= 0.6 is 8.25 Å². The smallest absolute Gasteiger partial charge is 0.396 e. The number of aliphatic hydroxyl groups is 1. The number of rotatable bonds is 5. The summed E-state index contributed by atoms with van der Waals surface area (Å²) in [5.74, 6) is -0.0752. The molecule has 9 heteroatoms. The monoisotopic (exact) mass is 290 g/mol. The van der Waals surface area contributed by atoms with Gasteiger partial charge in [-0.25, -0.2) is 14.4 Å². The van der Waals surface area contributed by atoms with Crippen LogP contribution in [0.25, 0.3) is 0 Å². The van der Waals surface area contributed by atoms with Crippen molar-refractivity contribution in [3.05, 3.63) is 18.6 Å². The Hall–Kier alpha value is -1.21. The molecule has 1 fully saturated rings. The first-order valence-electron chi connectivity index (χ1n) is 5.72. The first-order valence-corrected chi connectivity index (χ1v) is 6.85. The molecule has 19 heavy (non-hydrogen) atoms. The summed E-state index contributed by atoms with van der Waals surface area (Å²) in [5, 5.41) is 12.0. The zero-order chi connectivity index (χ0) is 13.8. The van der Waals surface area contributed by atoms with E-state index in [2.05, 4.69) is 19.8 Å². The van der Waals surface area contributed by atoms with Crippen molar-refractivity contribution in [3.8, 4) is 0 Å². The molecular formula is C10H14FN3O4P+. The summed E-state index contributed by atoms with van der Waals surface area (Å²) < 4.78 is 29.5. The lowest BCUT2D eigenvalue weighted by Gasteiger charge is -2.16.